The SMILES string of the molecule is CCOC(=O)C[C@@H](C[N+](=O)[O-])[C@@H](N)Cc1ccccc1. The van der Waals surface area contributed by atoms with Gasteiger partial charge in [-0.15, -0.1) is 0 Å². The van der Waals surface area contributed by atoms with Crippen LogP contribution in [0.3, 0.4) is 0 Å². The Kier molecular flexibility index (Phi) is 6.66. The Labute approximate surface area is 118 Å². The predicted octanol–water partition coefficient (Wildman–Crippen LogP) is 1.40. The Morgan fingerprint density at radius 1 is 1.40 bits per heavy atom. The Hall–Kier alpha value is -1.95. The number of rotatable bonds is 8. The first-order chi connectivity index (χ1) is 9.52. The number of nitrogens with zero attached hydrogens (tertiary/aromatic N) is 1. The Morgan fingerprint density at radius 2 is 2.05 bits per heavy atom. The second kappa shape index (κ2) is 8.27. The Balaban J connectivity index is 2.66. The van der Waals surface area contributed by atoms with Gasteiger partial charge in [0.1, 0.15) is 0 Å². The molecular weight excluding hydrogens is 260 g/mol. The van der Waals surface area contributed by atoms with Crippen molar-refractivity contribution < 1.29 is 14.5 Å². The van der Waals surface area contributed by atoms with Crippen molar-refractivity contribution in [3.63, 3.8) is 0 Å². The minimum absolute atomic E-state index is 0.0250. The van der Waals surface area contributed by atoms with Crippen LogP contribution in [0.1, 0.15) is 18.9 Å². The quantitative estimate of drug-likeness (QED) is 0.441. The summed E-state index contributed by atoms with van der Waals surface area (Å²) in [6, 6.07) is 9.03. The fourth-order valence-electron chi connectivity index (χ4n) is 2.03. The molecule has 0 amide bonds. The van der Waals surface area contributed by atoms with E-state index in [9.17, 15) is 14.9 Å². The Bertz CT molecular complexity index is 436. The zero-order valence-electron chi connectivity index (χ0n) is 11.5. The highest BCUT2D eigenvalue weighted by Crippen LogP contribution is 2.14. The standard InChI is InChI=1S/C14H20N2O4/c1-2-20-14(17)9-12(10-16(18)19)13(15)8-11-6-4-3-5-7-11/h3-7,12-13H,2,8-10,15H2,1H3/t12-,13-/m0/s1. The lowest BCUT2D eigenvalue weighted by molar-refractivity contribution is -0.488. The number of nitrogens with two attached hydrogens (primary N) is 1. The van der Waals surface area contributed by atoms with E-state index in [0.717, 1.165) is 5.56 Å². The summed E-state index contributed by atoms with van der Waals surface area (Å²) in [6.07, 6.45) is 0.474. The maximum Gasteiger partial charge on any atom is 0.306 e. The van der Waals surface area contributed by atoms with Gasteiger partial charge in [-0.3, -0.25) is 14.9 Å². The third-order valence-corrected chi connectivity index (χ3v) is 3.04. The smallest absolute Gasteiger partial charge is 0.306 e. The maximum atomic E-state index is 11.5. The van der Waals surface area contributed by atoms with E-state index in [1.165, 1.54) is 0 Å². The zero-order chi connectivity index (χ0) is 15.0. The third kappa shape index (κ3) is 5.79. The summed E-state index contributed by atoms with van der Waals surface area (Å²) < 4.78 is 4.84. The molecule has 0 aromatic heterocycles. The summed E-state index contributed by atoms with van der Waals surface area (Å²) in [5, 5.41) is 10.7. The van der Waals surface area contributed by atoms with Crippen LogP contribution in [0.15, 0.2) is 30.3 Å². The zero-order valence-corrected chi connectivity index (χ0v) is 11.5. The molecule has 0 spiro atoms. The lowest BCUT2D eigenvalue weighted by Gasteiger charge is -2.20. The van der Waals surface area contributed by atoms with Crippen LogP contribution in [0.4, 0.5) is 0 Å². The van der Waals surface area contributed by atoms with Gasteiger partial charge in [0.05, 0.1) is 13.0 Å². The molecule has 1 aromatic rings. The van der Waals surface area contributed by atoms with Crippen LogP contribution in [0.2, 0.25) is 0 Å². The average Bonchev–Trinajstić information content (AvgIpc) is 2.39. The molecule has 0 bridgehead atoms. The first-order valence-corrected chi connectivity index (χ1v) is 6.59. The van der Waals surface area contributed by atoms with Crippen LogP contribution in [0, 0.1) is 16.0 Å². The number of ether oxygens (including phenoxy) is 1. The van der Waals surface area contributed by atoms with E-state index in [-0.39, 0.29) is 19.6 Å². The van der Waals surface area contributed by atoms with Crippen molar-refractivity contribution in [3.8, 4) is 0 Å². The highest BCUT2D eigenvalue weighted by molar-refractivity contribution is 5.69. The molecule has 2 N–H and O–H groups in total. The predicted molar refractivity (Wildman–Crippen MR) is 74.7 cm³/mol. The number of nitro groups is 1. The molecule has 6 heteroatoms. The lowest BCUT2D eigenvalue weighted by Crippen LogP contribution is -2.38. The molecule has 0 radical (unpaired) electrons. The van der Waals surface area contributed by atoms with Gasteiger partial charge in [0, 0.05) is 16.9 Å². The topological polar surface area (TPSA) is 95.5 Å². The normalized spacial score (nSPS) is 13.5. The first-order valence-electron chi connectivity index (χ1n) is 6.59. The van der Waals surface area contributed by atoms with Crippen molar-refractivity contribution >= 4 is 5.97 Å². The van der Waals surface area contributed by atoms with Gasteiger partial charge in [0.2, 0.25) is 6.54 Å². The molecule has 1 rings (SSSR count). The second-order valence-corrected chi connectivity index (χ2v) is 4.64. The number of hydrogen-bond donors (Lipinski definition) is 1. The van der Waals surface area contributed by atoms with Gasteiger partial charge >= 0.3 is 5.97 Å². The number of carbonyl (C=O) groups is 1. The highest BCUT2D eigenvalue weighted by Gasteiger charge is 2.26. The van der Waals surface area contributed by atoms with Gasteiger partial charge in [-0.25, -0.2) is 0 Å². The van der Waals surface area contributed by atoms with Gasteiger partial charge in [0.15, 0.2) is 0 Å². The van der Waals surface area contributed by atoms with Crippen molar-refractivity contribution in [2.75, 3.05) is 13.2 Å². The summed E-state index contributed by atoms with van der Waals surface area (Å²) >= 11 is 0. The molecule has 20 heavy (non-hydrogen) atoms. The molecule has 0 unspecified atom stereocenters. The van der Waals surface area contributed by atoms with Gasteiger partial charge in [-0.1, -0.05) is 30.3 Å². The molecule has 0 aliphatic heterocycles. The van der Waals surface area contributed by atoms with E-state index in [1.807, 2.05) is 30.3 Å². The van der Waals surface area contributed by atoms with Crippen molar-refractivity contribution in [1.82, 2.24) is 0 Å². The summed E-state index contributed by atoms with van der Waals surface area (Å²) in [7, 11) is 0. The lowest BCUT2D eigenvalue weighted by atomic mass is 9.91. The second-order valence-electron chi connectivity index (χ2n) is 4.64. The molecule has 0 heterocycles. The molecule has 0 aliphatic carbocycles. The molecule has 6 nitrogen and oxygen atoms in total. The van der Waals surface area contributed by atoms with Crippen LogP contribution in [-0.2, 0) is 16.0 Å². The Morgan fingerprint density at radius 3 is 2.60 bits per heavy atom. The van der Waals surface area contributed by atoms with E-state index in [2.05, 4.69) is 0 Å². The first kappa shape index (κ1) is 16.1. The maximum absolute atomic E-state index is 11.5. The van der Waals surface area contributed by atoms with E-state index in [1.54, 1.807) is 6.92 Å². The van der Waals surface area contributed by atoms with Crippen LogP contribution in [0.25, 0.3) is 0 Å². The average molecular weight is 280 g/mol. The van der Waals surface area contributed by atoms with Gasteiger partial charge in [-0.2, -0.15) is 0 Å². The van der Waals surface area contributed by atoms with Crippen LogP contribution < -0.4 is 5.73 Å². The molecule has 110 valence electrons. The molecule has 2 atom stereocenters. The molecule has 0 saturated heterocycles. The van der Waals surface area contributed by atoms with E-state index in [4.69, 9.17) is 10.5 Å². The van der Waals surface area contributed by atoms with E-state index in [0.29, 0.717) is 6.42 Å². The molecule has 0 aliphatic rings. The third-order valence-electron chi connectivity index (χ3n) is 3.04. The monoisotopic (exact) mass is 280 g/mol. The minimum atomic E-state index is -0.524. The summed E-state index contributed by atoms with van der Waals surface area (Å²) in [5.41, 5.74) is 7.03. The van der Waals surface area contributed by atoms with Crippen LogP contribution in [-0.4, -0.2) is 30.1 Å². The molecule has 1 aromatic carbocycles. The van der Waals surface area contributed by atoms with Crippen molar-refractivity contribution in [3.05, 3.63) is 46.0 Å². The van der Waals surface area contributed by atoms with E-state index < -0.39 is 22.9 Å². The number of benzene rings is 1. The number of carbonyl (C=O) groups excluding carboxylic acids is 1. The van der Waals surface area contributed by atoms with Crippen LogP contribution >= 0.6 is 0 Å². The summed E-state index contributed by atoms with van der Waals surface area (Å²) in [5.74, 6) is -0.966. The molecule has 0 fully saturated rings. The van der Waals surface area contributed by atoms with Crippen molar-refractivity contribution in [2.45, 2.75) is 25.8 Å². The fourth-order valence-corrected chi connectivity index (χ4v) is 2.03. The highest BCUT2D eigenvalue weighted by atomic mass is 16.6. The molecule has 0 saturated carbocycles. The molecular formula is C14H20N2O4. The van der Waals surface area contributed by atoms with Gasteiger partial charge in [0.25, 0.3) is 0 Å². The fraction of sp³-hybridized carbons (Fsp3) is 0.500. The number of esters is 1. The van der Waals surface area contributed by atoms with Gasteiger partial charge < -0.3 is 10.5 Å². The number of hydrogen-bond acceptors (Lipinski definition) is 5. The summed E-state index contributed by atoms with van der Waals surface area (Å²) in [4.78, 5) is 21.8. The summed E-state index contributed by atoms with van der Waals surface area (Å²) in [6.45, 7) is 1.63. The largest absolute Gasteiger partial charge is 0.466 e. The van der Waals surface area contributed by atoms with Gasteiger partial charge in [-0.05, 0) is 18.9 Å². The van der Waals surface area contributed by atoms with Crippen LogP contribution in [0.5, 0.6) is 0 Å². The van der Waals surface area contributed by atoms with Crippen molar-refractivity contribution in [2.24, 2.45) is 11.7 Å². The van der Waals surface area contributed by atoms with E-state index >= 15 is 0 Å². The minimum Gasteiger partial charge on any atom is -0.466 e. The van der Waals surface area contributed by atoms with Crippen molar-refractivity contribution in [1.29, 1.82) is 0 Å².